The molecule has 1 aliphatic rings. The molecule has 1 aliphatic heterocycles. The van der Waals surface area contributed by atoms with E-state index < -0.39 is 6.10 Å². The van der Waals surface area contributed by atoms with Crippen LogP contribution in [0.3, 0.4) is 0 Å². The van der Waals surface area contributed by atoms with Crippen molar-refractivity contribution in [3.8, 4) is 11.5 Å². The van der Waals surface area contributed by atoms with Crippen LogP contribution < -0.4 is 9.47 Å². The number of aliphatic hydroxyl groups is 1. The lowest BCUT2D eigenvalue weighted by atomic mass is 10.1. The molecule has 1 fully saturated rings. The Kier molecular flexibility index (Phi) is 6.11. The summed E-state index contributed by atoms with van der Waals surface area (Å²) in [7, 11) is 1.62. The summed E-state index contributed by atoms with van der Waals surface area (Å²) < 4.78 is 13.0. The summed E-state index contributed by atoms with van der Waals surface area (Å²) in [5.41, 5.74) is 1.59. The van der Waals surface area contributed by atoms with Crippen molar-refractivity contribution in [3.63, 3.8) is 0 Å². The Balaban J connectivity index is 1.53. The van der Waals surface area contributed by atoms with Gasteiger partial charge in [0.2, 0.25) is 5.91 Å². The van der Waals surface area contributed by atoms with E-state index in [1.807, 2.05) is 58.0 Å². The lowest BCUT2D eigenvalue weighted by molar-refractivity contribution is -0.131. The molecule has 1 amide bonds. The largest absolute Gasteiger partial charge is 0.497 e. The fourth-order valence-corrected chi connectivity index (χ4v) is 4.25. The predicted octanol–water partition coefficient (Wildman–Crippen LogP) is 3.60. The third kappa shape index (κ3) is 4.58. The van der Waals surface area contributed by atoms with E-state index in [-0.39, 0.29) is 24.0 Å². The number of carbonyl (C=O) groups is 1. The van der Waals surface area contributed by atoms with Gasteiger partial charge in [0.05, 0.1) is 24.7 Å². The van der Waals surface area contributed by atoms with E-state index in [1.165, 1.54) is 0 Å². The molecular weight excluding hydrogens is 406 g/mol. The minimum Gasteiger partial charge on any atom is -0.497 e. The molecule has 1 aromatic heterocycles. The Labute approximate surface area is 188 Å². The van der Waals surface area contributed by atoms with E-state index in [4.69, 9.17) is 14.5 Å². The molecule has 2 heterocycles. The second-order valence-corrected chi connectivity index (χ2v) is 9.29. The number of benzene rings is 2. The maximum atomic E-state index is 12.7. The monoisotopic (exact) mass is 437 g/mol. The van der Waals surface area contributed by atoms with Gasteiger partial charge in [-0.15, -0.1) is 0 Å². The van der Waals surface area contributed by atoms with Crippen LogP contribution in [0.25, 0.3) is 11.0 Å². The van der Waals surface area contributed by atoms with Gasteiger partial charge in [0.15, 0.2) is 0 Å². The molecule has 0 unspecified atom stereocenters. The number of rotatable bonds is 7. The molecule has 0 saturated carbocycles. The SMILES string of the molecule is COc1ccc(OC[C@@H](O)Cn2c([C@H]3CC(=O)N(C(C)(C)C)C3)nc3ccccc32)cc1. The van der Waals surface area contributed by atoms with Gasteiger partial charge in [-0.1, -0.05) is 12.1 Å². The molecule has 0 spiro atoms. The zero-order chi connectivity index (χ0) is 22.9. The van der Waals surface area contributed by atoms with Crippen LogP contribution in [0.4, 0.5) is 0 Å². The topological polar surface area (TPSA) is 76.8 Å². The van der Waals surface area contributed by atoms with Crippen LogP contribution >= 0.6 is 0 Å². The Morgan fingerprint density at radius 2 is 1.81 bits per heavy atom. The van der Waals surface area contributed by atoms with Crippen molar-refractivity contribution in [2.24, 2.45) is 0 Å². The van der Waals surface area contributed by atoms with Crippen molar-refractivity contribution in [1.82, 2.24) is 14.5 Å². The Hall–Kier alpha value is -3.06. The average molecular weight is 438 g/mol. The zero-order valence-electron chi connectivity index (χ0n) is 19.1. The number of carbonyl (C=O) groups excluding carboxylic acids is 1. The molecule has 32 heavy (non-hydrogen) atoms. The van der Waals surface area contributed by atoms with E-state index in [0.717, 1.165) is 22.6 Å². The minimum atomic E-state index is -0.732. The van der Waals surface area contributed by atoms with Crippen molar-refractivity contribution >= 4 is 16.9 Å². The fraction of sp³-hybridized carbons (Fsp3) is 0.440. The quantitative estimate of drug-likeness (QED) is 0.611. The first-order valence-corrected chi connectivity index (χ1v) is 11.0. The molecule has 2 atom stereocenters. The second kappa shape index (κ2) is 8.82. The number of aromatic nitrogens is 2. The Morgan fingerprint density at radius 3 is 2.47 bits per heavy atom. The molecule has 0 bridgehead atoms. The number of likely N-dealkylation sites (tertiary alicyclic amines) is 1. The number of hydrogen-bond acceptors (Lipinski definition) is 5. The first-order chi connectivity index (χ1) is 15.3. The summed E-state index contributed by atoms with van der Waals surface area (Å²) >= 11 is 0. The van der Waals surface area contributed by atoms with Gasteiger partial charge >= 0.3 is 0 Å². The second-order valence-electron chi connectivity index (χ2n) is 9.29. The highest BCUT2D eigenvalue weighted by Crippen LogP contribution is 2.34. The number of imidazole rings is 1. The standard InChI is InChI=1S/C25H31N3O4/c1-25(2,3)28-14-17(13-23(28)30)24-26-21-7-5-6-8-22(21)27(24)15-18(29)16-32-20-11-9-19(31-4)10-12-20/h5-12,17-18,29H,13-16H2,1-4H3/t17-,18-/m0/s1. The molecule has 0 aliphatic carbocycles. The zero-order valence-corrected chi connectivity index (χ0v) is 19.1. The Morgan fingerprint density at radius 1 is 1.12 bits per heavy atom. The van der Waals surface area contributed by atoms with E-state index in [1.54, 1.807) is 7.11 Å². The maximum absolute atomic E-state index is 12.7. The van der Waals surface area contributed by atoms with Gasteiger partial charge in [0, 0.05) is 24.4 Å². The summed E-state index contributed by atoms with van der Waals surface area (Å²) in [6.07, 6.45) is -0.303. The first-order valence-electron chi connectivity index (χ1n) is 11.0. The number of fused-ring (bicyclic) bond motifs is 1. The third-order valence-electron chi connectivity index (χ3n) is 5.88. The molecule has 7 heteroatoms. The van der Waals surface area contributed by atoms with E-state index >= 15 is 0 Å². The van der Waals surface area contributed by atoms with Crippen molar-refractivity contribution in [3.05, 3.63) is 54.4 Å². The van der Waals surface area contributed by atoms with E-state index in [9.17, 15) is 9.90 Å². The summed E-state index contributed by atoms with van der Waals surface area (Å²) in [4.78, 5) is 19.4. The highest BCUT2D eigenvalue weighted by molar-refractivity contribution is 5.81. The summed E-state index contributed by atoms with van der Waals surface area (Å²) in [6.45, 7) is 7.27. The van der Waals surface area contributed by atoms with Crippen LogP contribution in [0.2, 0.25) is 0 Å². The number of nitrogens with zero attached hydrogens (tertiary/aromatic N) is 3. The van der Waals surface area contributed by atoms with Gasteiger partial charge in [-0.25, -0.2) is 4.98 Å². The van der Waals surface area contributed by atoms with Crippen molar-refractivity contribution in [1.29, 1.82) is 0 Å². The molecule has 2 aromatic carbocycles. The smallest absolute Gasteiger partial charge is 0.223 e. The summed E-state index contributed by atoms with van der Waals surface area (Å²) in [5.74, 6) is 2.40. The van der Waals surface area contributed by atoms with Crippen molar-refractivity contribution in [2.75, 3.05) is 20.3 Å². The number of amides is 1. The molecule has 1 saturated heterocycles. The van der Waals surface area contributed by atoms with Crippen LogP contribution in [0.1, 0.15) is 38.9 Å². The number of methoxy groups -OCH3 is 1. The van der Waals surface area contributed by atoms with Crippen LogP contribution in [-0.2, 0) is 11.3 Å². The van der Waals surface area contributed by atoms with Gasteiger partial charge in [0.1, 0.15) is 30.0 Å². The van der Waals surface area contributed by atoms with Crippen molar-refractivity contribution < 1.29 is 19.4 Å². The van der Waals surface area contributed by atoms with Crippen LogP contribution in [0, 0.1) is 0 Å². The van der Waals surface area contributed by atoms with E-state index in [2.05, 4.69) is 20.8 Å². The van der Waals surface area contributed by atoms with Gasteiger partial charge in [0.25, 0.3) is 0 Å². The number of hydrogen-bond donors (Lipinski definition) is 1. The molecule has 3 aromatic rings. The van der Waals surface area contributed by atoms with Crippen LogP contribution in [0.5, 0.6) is 11.5 Å². The minimum absolute atomic E-state index is 0.0103. The van der Waals surface area contributed by atoms with E-state index in [0.29, 0.717) is 25.3 Å². The highest BCUT2D eigenvalue weighted by atomic mass is 16.5. The summed E-state index contributed by atoms with van der Waals surface area (Å²) in [5, 5.41) is 10.8. The molecule has 170 valence electrons. The predicted molar refractivity (Wildman–Crippen MR) is 123 cm³/mol. The number of para-hydroxylation sites is 2. The summed E-state index contributed by atoms with van der Waals surface area (Å²) in [6, 6.07) is 15.2. The van der Waals surface area contributed by atoms with Gasteiger partial charge < -0.3 is 24.0 Å². The van der Waals surface area contributed by atoms with Crippen LogP contribution in [-0.4, -0.2) is 57.4 Å². The Bertz CT molecular complexity index is 1080. The third-order valence-corrected chi connectivity index (χ3v) is 5.88. The highest BCUT2D eigenvalue weighted by Gasteiger charge is 2.39. The average Bonchev–Trinajstić information content (AvgIpc) is 3.33. The molecule has 0 radical (unpaired) electrons. The van der Waals surface area contributed by atoms with Gasteiger partial charge in [-0.3, -0.25) is 4.79 Å². The van der Waals surface area contributed by atoms with Crippen LogP contribution in [0.15, 0.2) is 48.5 Å². The first kappa shape index (κ1) is 22.1. The molecular formula is C25H31N3O4. The lowest BCUT2D eigenvalue weighted by Gasteiger charge is -2.32. The van der Waals surface area contributed by atoms with Gasteiger partial charge in [-0.2, -0.15) is 0 Å². The molecule has 4 rings (SSSR count). The molecule has 7 nitrogen and oxygen atoms in total. The number of ether oxygens (including phenoxy) is 2. The maximum Gasteiger partial charge on any atom is 0.223 e. The number of aliphatic hydroxyl groups excluding tert-OH is 1. The lowest BCUT2D eigenvalue weighted by Crippen LogP contribution is -2.42. The fourth-order valence-electron chi connectivity index (χ4n) is 4.25. The normalized spacial score (nSPS) is 17.7. The molecule has 1 N–H and O–H groups in total. The van der Waals surface area contributed by atoms with Gasteiger partial charge in [-0.05, 0) is 57.2 Å². The van der Waals surface area contributed by atoms with Crippen molar-refractivity contribution in [2.45, 2.75) is 51.3 Å².